The van der Waals surface area contributed by atoms with Gasteiger partial charge in [0.1, 0.15) is 11.4 Å². The van der Waals surface area contributed by atoms with Crippen LogP contribution in [-0.2, 0) is 0 Å². The number of para-hydroxylation sites is 1. The van der Waals surface area contributed by atoms with Gasteiger partial charge in [0, 0.05) is 16.8 Å². The van der Waals surface area contributed by atoms with E-state index in [4.69, 9.17) is 16.3 Å². The van der Waals surface area contributed by atoms with Gasteiger partial charge in [-0.3, -0.25) is 4.79 Å². The number of benzene rings is 2. The molecule has 0 fully saturated rings. The smallest absolute Gasteiger partial charge is 0.255 e. The number of aromatic nitrogens is 1. The van der Waals surface area contributed by atoms with Gasteiger partial charge in [-0.05, 0) is 48.5 Å². The second-order valence-electron chi connectivity index (χ2n) is 4.73. The fourth-order valence-electron chi connectivity index (χ4n) is 1.96. The number of pyridine rings is 1. The Morgan fingerprint density at radius 3 is 2.43 bits per heavy atom. The number of nitrogens with one attached hydrogen (secondary N) is 1. The molecule has 114 valence electrons. The minimum atomic E-state index is -0.257. The second-order valence-corrected chi connectivity index (χ2v) is 5.17. The lowest BCUT2D eigenvalue weighted by Crippen LogP contribution is -2.12. The van der Waals surface area contributed by atoms with Gasteiger partial charge >= 0.3 is 0 Å². The predicted molar refractivity (Wildman–Crippen MR) is 90.2 cm³/mol. The van der Waals surface area contributed by atoms with E-state index >= 15 is 0 Å². The summed E-state index contributed by atoms with van der Waals surface area (Å²) in [5.74, 6) is 0.724. The lowest BCUT2D eigenvalue weighted by Gasteiger charge is -2.11. The summed E-state index contributed by atoms with van der Waals surface area (Å²) in [4.78, 5) is 16.5. The minimum absolute atomic E-state index is 0.257. The Morgan fingerprint density at radius 2 is 1.70 bits per heavy atom. The highest BCUT2D eigenvalue weighted by Gasteiger charge is 2.11. The summed E-state index contributed by atoms with van der Waals surface area (Å²) >= 11 is 5.83. The molecule has 1 aromatic heterocycles. The summed E-state index contributed by atoms with van der Waals surface area (Å²) in [6.07, 6.45) is 1.61. The predicted octanol–water partition coefficient (Wildman–Crippen LogP) is 4.78. The molecule has 3 aromatic rings. The molecule has 0 atom stereocenters. The molecule has 0 radical (unpaired) electrons. The maximum absolute atomic E-state index is 12.3. The molecule has 23 heavy (non-hydrogen) atoms. The van der Waals surface area contributed by atoms with Crippen molar-refractivity contribution in [2.24, 2.45) is 0 Å². The van der Waals surface area contributed by atoms with Gasteiger partial charge in [0.2, 0.25) is 5.88 Å². The number of hydrogen-bond donors (Lipinski definition) is 1. The summed E-state index contributed by atoms with van der Waals surface area (Å²) in [6.45, 7) is 0. The number of carbonyl (C=O) groups excluding carboxylic acids is 1. The van der Waals surface area contributed by atoms with Crippen LogP contribution in [0.15, 0.2) is 72.9 Å². The van der Waals surface area contributed by atoms with E-state index in [0.717, 1.165) is 0 Å². The number of rotatable bonds is 4. The third-order valence-corrected chi connectivity index (χ3v) is 3.34. The van der Waals surface area contributed by atoms with Crippen LogP contribution in [0.5, 0.6) is 11.6 Å². The van der Waals surface area contributed by atoms with Crippen molar-refractivity contribution in [2.75, 3.05) is 5.32 Å². The summed E-state index contributed by atoms with van der Waals surface area (Å²) in [6, 6.07) is 19.4. The van der Waals surface area contributed by atoms with Crippen LogP contribution in [-0.4, -0.2) is 10.9 Å². The molecule has 2 aromatic carbocycles. The van der Waals surface area contributed by atoms with Crippen molar-refractivity contribution < 1.29 is 9.53 Å². The van der Waals surface area contributed by atoms with Gasteiger partial charge in [-0.15, -0.1) is 0 Å². The zero-order valence-corrected chi connectivity index (χ0v) is 12.8. The van der Waals surface area contributed by atoms with Crippen LogP contribution < -0.4 is 10.1 Å². The Kier molecular flexibility index (Phi) is 4.54. The largest absolute Gasteiger partial charge is 0.437 e. The van der Waals surface area contributed by atoms with Crippen LogP contribution in [0, 0.1) is 0 Å². The molecule has 0 unspecified atom stereocenters. The summed E-state index contributed by atoms with van der Waals surface area (Å²) in [5.41, 5.74) is 1.00. The molecule has 1 heterocycles. The number of carbonyl (C=O) groups is 1. The molecule has 1 N–H and O–H groups in total. The molecule has 0 saturated heterocycles. The van der Waals surface area contributed by atoms with E-state index in [0.29, 0.717) is 27.9 Å². The van der Waals surface area contributed by atoms with E-state index in [-0.39, 0.29) is 5.91 Å². The Morgan fingerprint density at radius 1 is 0.957 bits per heavy atom. The number of amides is 1. The van der Waals surface area contributed by atoms with Crippen LogP contribution in [0.3, 0.4) is 0 Å². The lowest BCUT2D eigenvalue weighted by atomic mass is 10.2. The molecular formula is C18H13ClN2O2. The summed E-state index contributed by atoms with van der Waals surface area (Å²) < 4.78 is 5.72. The van der Waals surface area contributed by atoms with Crippen molar-refractivity contribution in [2.45, 2.75) is 0 Å². The Balaban J connectivity index is 1.80. The maximum atomic E-state index is 12.3. The van der Waals surface area contributed by atoms with E-state index in [1.165, 1.54) is 0 Å². The highest BCUT2D eigenvalue weighted by molar-refractivity contribution is 6.30. The van der Waals surface area contributed by atoms with Crippen molar-refractivity contribution in [1.82, 2.24) is 4.98 Å². The topological polar surface area (TPSA) is 51.2 Å². The molecule has 0 saturated carbocycles. The number of halogens is 1. The quantitative estimate of drug-likeness (QED) is 0.751. The number of ether oxygens (including phenoxy) is 1. The first-order chi connectivity index (χ1) is 11.2. The average Bonchev–Trinajstić information content (AvgIpc) is 2.58. The molecule has 0 aliphatic carbocycles. The van der Waals surface area contributed by atoms with E-state index in [9.17, 15) is 4.79 Å². The molecule has 0 aliphatic rings. The Hall–Kier alpha value is -2.85. The molecule has 1 amide bonds. The first kappa shape index (κ1) is 15.1. The van der Waals surface area contributed by atoms with E-state index in [1.807, 2.05) is 30.3 Å². The van der Waals surface area contributed by atoms with Crippen LogP contribution in [0.2, 0.25) is 5.02 Å². The van der Waals surface area contributed by atoms with Gasteiger partial charge in [-0.25, -0.2) is 4.98 Å². The molecule has 0 spiro atoms. The normalized spacial score (nSPS) is 10.1. The van der Waals surface area contributed by atoms with Gasteiger partial charge in [-0.2, -0.15) is 0 Å². The number of hydrogen-bond acceptors (Lipinski definition) is 3. The Labute approximate surface area is 138 Å². The number of anilines is 1. The monoisotopic (exact) mass is 324 g/mol. The van der Waals surface area contributed by atoms with Gasteiger partial charge in [-0.1, -0.05) is 29.8 Å². The van der Waals surface area contributed by atoms with Crippen molar-refractivity contribution in [3.8, 4) is 11.6 Å². The van der Waals surface area contributed by atoms with Crippen LogP contribution in [0.1, 0.15) is 10.4 Å². The zero-order chi connectivity index (χ0) is 16.1. The molecular weight excluding hydrogens is 312 g/mol. The van der Waals surface area contributed by atoms with Crippen molar-refractivity contribution >= 4 is 23.2 Å². The number of nitrogens with zero attached hydrogens (tertiary/aromatic N) is 1. The highest BCUT2D eigenvalue weighted by Crippen LogP contribution is 2.27. The summed E-state index contributed by atoms with van der Waals surface area (Å²) in [7, 11) is 0. The van der Waals surface area contributed by atoms with E-state index in [2.05, 4.69) is 10.3 Å². The molecule has 3 rings (SSSR count). The molecule has 0 aliphatic heterocycles. The second kappa shape index (κ2) is 6.94. The fourth-order valence-corrected chi connectivity index (χ4v) is 2.09. The van der Waals surface area contributed by atoms with Crippen LogP contribution in [0.25, 0.3) is 0 Å². The molecule has 4 nitrogen and oxygen atoms in total. The van der Waals surface area contributed by atoms with Gasteiger partial charge in [0.25, 0.3) is 5.91 Å². The molecule has 0 bridgehead atoms. The average molecular weight is 325 g/mol. The van der Waals surface area contributed by atoms with Crippen molar-refractivity contribution in [3.05, 3.63) is 83.5 Å². The van der Waals surface area contributed by atoms with Gasteiger partial charge in [0.15, 0.2) is 0 Å². The zero-order valence-electron chi connectivity index (χ0n) is 12.1. The maximum Gasteiger partial charge on any atom is 0.255 e. The first-order valence-corrected chi connectivity index (χ1v) is 7.35. The minimum Gasteiger partial charge on any atom is -0.437 e. The van der Waals surface area contributed by atoms with Gasteiger partial charge in [0.05, 0.1) is 0 Å². The SMILES string of the molecule is O=C(Nc1cccnc1Oc1ccccc1)c1ccc(Cl)cc1. The van der Waals surface area contributed by atoms with E-state index in [1.54, 1.807) is 42.6 Å². The molecule has 5 heteroatoms. The van der Waals surface area contributed by atoms with Crippen LogP contribution >= 0.6 is 11.6 Å². The standard InChI is InChI=1S/C18H13ClN2O2/c19-14-10-8-13(9-11-14)17(22)21-16-7-4-12-20-18(16)23-15-5-2-1-3-6-15/h1-12H,(H,21,22). The lowest BCUT2D eigenvalue weighted by molar-refractivity contribution is 0.102. The summed E-state index contributed by atoms with van der Waals surface area (Å²) in [5, 5.41) is 3.38. The fraction of sp³-hybridized carbons (Fsp3) is 0. The first-order valence-electron chi connectivity index (χ1n) is 6.97. The van der Waals surface area contributed by atoms with Crippen molar-refractivity contribution in [3.63, 3.8) is 0 Å². The third kappa shape index (κ3) is 3.87. The van der Waals surface area contributed by atoms with Crippen molar-refractivity contribution in [1.29, 1.82) is 0 Å². The highest BCUT2D eigenvalue weighted by atomic mass is 35.5. The van der Waals surface area contributed by atoms with E-state index < -0.39 is 0 Å². The van der Waals surface area contributed by atoms with Crippen LogP contribution in [0.4, 0.5) is 5.69 Å². The Bertz CT molecular complexity index is 805. The van der Waals surface area contributed by atoms with Gasteiger partial charge < -0.3 is 10.1 Å². The third-order valence-electron chi connectivity index (χ3n) is 3.08.